The molecular weight excluding hydrogens is 248 g/mol. The number of nitrogens with one attached hydrogen (secondary N) is 1. The Hall–Kier alpha value is -2.36. The lowest BCUT2D eigenvalue weighted by Gasteiger charge is -2.13. The van der Waals surface area contributed by atoms with Gasteiger partial charge in [-0.25, -0.2) is 4.52 Å². The van der Waals surface area contributed by atoms with Crippen molar-refractivity contribution < 1.29 is 0 Å². The summed E-state index contributed by atoms with van der Waals surface area (Å²) in [5, 5.41) is 7.75. The minimum atomic E-state index is 0.179. The number of rotatable bonds is 4. The summed E-state index contributed by atoms with van der Waals surface area (Å²) < 4.78 is 1.77. The number of aryl methyl sites for hydroxylation is 1. The lowest BCUT2D eigenvalue weighted by molar-refractivity contribution is 0.851. The van der Waals surface area contributed by atoms with E-state index < -0.39 is 0 Å². The highest BCUT2D eigenvalue weighted by atomic mass is 15.3. The van der Waals surface area contributed by atoms with Gasteiger partial charge in [0.05, 0.1) is 6.04 Å². The zero-order chi connectivity index (χ0) is 13.9. The Bertz CT molecular complexity index is 667. The summed E-state index contributed by atoms with van der Waals surface area (Å²) in [5.41, 5.74) is 3.44. The van der Waals surface area contributed by atoms with E-state index in [2.05, 4.69) is 53.5 Å². The predicted molar refractivity (Wildman–Crippen MR) is 80.8 cm³/mol. The maximum atomic E-state index is 4.45. The van der Waals surface area contributed by atoms with E-state index in [1.54, 1.807) is 4.52 Å². The lowest BCUT2D eigenvalue weighted by atomic mass is 10.1. The highest BCUT2D eigenvalue weighted by Gasteiger charge is 2.09. The number of anilines is 1. The van der Waals surface area contributed by atoms with Gasteiger partial charge in [0.25, 0.3) is 0 Å². The quantitative estimate of drug-likeness (QED) is 0.786. The average molecular weight is 266 g/mol. The normalized spacial score (nSPS) is 12.5. The van der Waals surface area contributed by atoms with Gasteiger partial charge in [-0.15, -0.1) is 5.10 Å². The third-order valence-corrected chi connectivity index (χ3v) is 3.47. The lowest BCUT2D eigenvalue weighted by Crippen LogP contribution is -2.08. The smallest absolute Gasteiger partial charge is 0.243 e. The fourth-order valence-corrected chi connectivity index (χ4v) is 2.21. The van der Waals surface area contributed by atoms with Crippen LogP contribution in [0.15, 0.2) is 48.7 Å². The average Bonchev–Trinajstić information content (AvgIpc) is 2.89. The summed E-state index contributed by atoms with van der Waals surface area (Å²) in [4.78, 5) is 4.45. The molecule has 20 heavy (non-hydrogen) atoms. The van der Waals surface area contributed by atoms with Crippen molar-refractivity contribution in [2.45, 2.75) is 26.3 Å². The van der Waals surface area contributed by atoms with E-state index in [0.717, 1.165) is 12.1 Å². The fraction of sp³-hybridized carbons (Fsp3) is 0.250. The van der Waals surface area contributed by atoms with Crippen LogP contribution >= 0.6 is 0 Å². The first-order chi connectivity index (χ1) is 9.76. The Labute approximate surface area is 118 Å². The third-order valence-electron chi connectivity index (χ3n) is 3.47. The molecule has 3 aromatic rings. The molecule has 4 nitrogen and oxygen atoms in total. The van der Waals surface area contributed by atoms with Crippen LogP contribution in [0, 0.1) is 0 Å². The summed E-state index contributed by atoms with van der Waals surface area (Å²) in [6.45, 7) is 4.28. The van der Waals surface area contributed by atoms with E-state index in [1.165, 1.54) is 11.1 Å². The summed E-state index contributed by atoms with van der Waals surface area (Å²) in [5.74, 6) is 0.656. The molecule has 0 saturated heterocycles. The number of hydrogen-bond donors (Lipinski definition) is 1. The van der Waals surface area contributed by atoms with Crippen LogP contribution in [-0.4, -0.2) is 14.6 Å². The molecule has 3 rings (SSSR count). The van der Waals surface area contributed by atoms with E-state index in [1.807, 2.05) is 24.4 Å². The Morgan fingerprint density at radius 1 is 1.15 bits per heavy atom. The number of pyridine rings is 1. The van der Waals surface area contributed by atoms with Gasteiger partial charge in [0, 0.05) is 6.20 Å². The molecule has 2 aromatic heterocycles. The van der Waals surface area contributed by atoms with E-state index in [9.17, 15) is 0 Å². The van der Waals surface area contributed by atoms with Crippen LogP contribution in [0.4, 0.5) is 5.95 Å². The fourth-order valence-electron chi connectivity index (χ4n) is 2.21. The van der Waals surface area contributed by atoms with Gasteiger partial charge in [-0.3, -0.25) is 0 Å². The maximum absolute atomic E-state index is 4.45. The predicted octanol–water partition coefficient (Wildman–Crippen LogP) is 3.46. The number of fused-ring (bicyclic) bond motifs is 1. The third kappa shape index (κ3) is 2.50. The zero-order valence-electron chi connectivity index (χ0n) is 11.7. The minimum Gasteiger partial charge on any atom is -0.346 e. The van der Waals surface area contributed by atoms with Crippen molar-refractivity contribution in [2.75, 3.05) is 5.32 Å². The van der Waals surface area contributed by atoms with Gasteiger partial charge in [-0.05, 0) is 36.6 Å². The number of hydrogen-bond acceptors (Lipinski definition) is 3. The summed E-state index contributed by atoms with van der Waals surface area (Å²) in [7, 11) is 0. The van der Waals surface area contributed by atoms with Crippen LogP contribution in [0.5, 0.6) is 0 Å². The van der Waals surface area contributed by atoms with E-state index in [0.29, 0.717) is 5.95 Å². The van der Waals surface area contributed by atoms with Gasteiger partial charge in [-0.1, -0.05) is 37.3 Å². The van der Waals surface area contributed by atoms with Crippen LogP contribution in [0.3, 0.4) is 0 Å². The molecule has 1 N–H and O–H groups in total. The van der Waals surface area contributed by atoms with Crippen LogP contribution in [0.2, 0.25) is 0 Å². The molecule has 102 valence electrons. The zero-order valence-corrected chi connectivity index (χ0v) is 11.7. The SMILES string of the molecule is CCc1ccc(C(C)Nc2nc3ccccn3n2)cc1. The molecule has 0 aliphatic heterocycles. The Morgan fingerprint density at radius 2 is 1.95 bits per heavy atom. The maximum Gasteiger partial charge on any atom is 0.243 e. The molecule has 4 heteroatoms. The second-order valence-electron chi connectivity index (χ2n) is 4.90. The van der Waals surface area contributed by atoms with Crippen LogP contribution in [0.1, 0.15) is 31.0 Å². The summed E-state index contributed by atoms with van der Waals surface area (Å²) in [6.07, 6.45) is 2.96. The van der Waals surface area contributed by atoms with Gasteiger partial charge in [0.1, 0.15) is 0 Å². The van der Waals surface area contributed by atoms with Crippen LogP contribution in [0.25, 0.3) is 5.65 Å². The summed E-state index contributed by atoms with van der Waals surface area (Å²) >= 11 is 0. The van der Waals surface area contributed by atoms with E-state index in [-0.39, 0.29) is 6.04 Å². The molecule has 0 radical (unpaired) electrons. The molecule has 0 saturated carbocycles. The Kier molecular flexibility index (Phi) is 3.37. The van der Waals surface area contributed by atoms with Gasteiger partial charge >= 0.3 is 0 Å². The molecule has 1 unspecified atom stereocenters. The van der Waals surface area contributed by atoms with Crippen molar-refractivity contribution in [3.8, 4) is 0 Å². The van der Waals surface area contributed by atoms with Crippen molar-refractivity contribution in [2.24, 2.45) is 0 Å². The van der Waals surface area contributed by atoms with Crippen molar-refractivity contribution in [3.05, 3.63) is 59.8 Å². The molecular formula is C16H18N4. The molecule has 0 aliphatic rings. The number of benzene rings is 1. The largest absolute Gasteiger partial charge is 0.346 e. The molecule has 0 aliphatic carbocycles. The van der Waals surface area contributed by atoms with Crippen molar-refractivity contribution >= 4 is 11.6 Å². The van der Waals surface area contributed by atoms with Crippen LogP contribution < -0.4 is 5.32 Å². The number of aromatic nitrogens is 3. The second kappa shape index (κ2) is 5.33. The van der Waals surface area contributed by atoms with Gasteiger partial charge in [0.15, 0.2) is 5.65 Å². The van der Waals surface area contributed by atoms with Crippen molar-refractivity contribution in [1.29, 1.82) is 0 Å². The van der Waals surface area contributed by atoms with Crippen molar-refractivity contribution in [1.82, 2.24) is 14.6 Å². The van der Waals surface area contributed by atoms with Gasteiger partial charge < -0.3 is 5.32 Å². The molecule has 0 spiro atoms. The topological polar surface area (TPSA) is 42.2 Å². The highest BCUT2D eigenvalue weighted by molar-refractivity contribution is 5.44. The van der Waals surface area contributed by atoms with E-state index in [4.69, 9.17) is 0 Å². The van der Waals surface area contributed by atoms with Gasteiger partial charge in [0.2, 0.25) is 5.95 Å². The molecule has 1 atom stereocenters. The minimum absolute atomic E-state index is 0.179. The Balaban J connectivity index is 1.78. The molecule has 2 heterocycles. The molecule has 0 bridgehead atoms. The van der Waals surface area contributed by atoms with Crippen molar-refractivity contribution in [3.63, 3.8) is 0 Å². The first-order valence-corrected chi connectivity index (χ1v) is 6.93. The molecule has 1 aromatic carbocycles. The molecule has 0 fully saturated rings. The Morgan fingerprint density at radius 3 is 2.65 bits per heavy atom. The monoisotopic (exact) mass is 266 g/mol. The van der Waals surface area contributed by atoms with E-state index >= 15 is 0 Å². The highest BCUT2D eigenvalue weighted by Crippen LogP contribution is 2.18. The standard InChI is InChI=1S/C16H18N4/c1-3-13-7-9-14(10-8-13)12(2)17-16-18-15-6-4-5-11-20(15)19-16/h4-12H,3H2,1-2H3,(H,17,19). The first kappa shape index (κ1) is 12.7. The second-order valence-corrected chi connectivity index (χ2v) is 4.90. The van der Waals surface area contributed by atoms with Gasteiger partial charge in [-0.2, -0.15) is 4.98 Å². The molecule has 0 amide bonds. The van der Waals surface area contributed by atoms with Crippen LogP contribution in [-0.2, 0) is 6.42 Å². The number of nitrogens with zero attached hydrogens (tertiary/aromatic N) is 3. The summed E-state index contributed by atoms with van der Waals surface area (Å²) in [6, 6.07) is 14.7. The first-order valence-electron chi connectivity index (χ1n) is 6.93.